The molecule has 0 amide bonds. The molecule has 2 atom stereocenters. The summed E-state index contributed by atoms with van der Waals surface area (Å²) in [4.78, 5) is 0. The molecule has 0 fully saturated rings. The maximum atomic E-state index is 8.52. The molecule has 0 aliphatic carbocycles. The van der Waals surface area contributed by atoms with Crippen LogP contribution in [-0.4, -0.2) is 5.26 Å². The normalized spacial score (nSPS) is 5.25. The summed E-state index contributed by atoms with van der Waals surface area (Å²) in [7, 11) is 0. The Bertz CT molecular complexity index is 17.9. The molecule has 1 N–H and O–H groups in total. The summed E-state index contributed by atoms with van der Waals surface area (Å²) >= 11 is 0. The van der Waals surface area contributed by atoms with Crippen molar-refractivity contribution in [3.05, 3.63) is 0 Å². The molecular formula is H7NaO5P2. The molecule has 0 radical (unpaired) electrons. The Hall–Kier alpha value is 1.66. The minimum absolute atomic E-state index is 0. The Morgan fingerprint density at radius 3 is 1.62 bits per heavy atom. The van der Waals surface area contributed by atoms with Crippen LogP contribution in [0.4, 0.5) is 0 Å². The van der Waals surface area contributed by atoms with Gasteiger partial charge < -0.3 is 5.26 Å². The van der Waals surface area contributed by atoms with Crippen molar-refractivity contribution in [3.8, 4) is 0 Å². The summed E-state index contributed by atoms with van der Waals surface area (Å²) in [6, 6.07) is 0. The van der Waals surface area contributed by atoms with Crippen LogP contribution in [0.1, 0.15) is 0 Å². The van der Waals surface area contributed by atoms with E-state index in [0.29, 0.717) is 0 Å². The number of rotatable bonds is 2. The van der Waals surface area contributed by atoms with E-state index in [4.69, 9.17) is 10.5 Å². The molecule has 0 saturated carbocycles. The van der Waals surface area contributed by atoms with E-state index in [0.717, 1.165) is 0 Å². The van der Waals surface area contributed by atoms with E-state index in [1.807, 2.05) is 0 Å². The van der Waals surface area contributed by atoms with Crippen molar-refractivity contribution in [2.45, 2.75) is 0 Å². The van der Waals surface area contributed by atoms with E-state index in [1.54, 1.807) is 0 Å². The van der Waals surface area contributed by atoms with Crippen LogP contribution in [0.5, 0.6) is 0 Å². The van der Waals surface area contributed by atoms with Crippen LogP contribution in [0.25, 0.3) is 0 Å². The van der Waals surface area contributed by atoms with E-state index in [1.165, 1.54) is 0 Å². The van der Waals surface area contributed by atoms with Crippen molar-refractivity contribution in [1.82, 2.24) is 0 Å². The Balaban J connectivity index is -0.0000000267. The van der Waals surface area contributed by atoms with Gasteiger partial charge in [-0.15, -0.1) is 0 Å². The van der Waals surface area contributed by atoms with Gasteiger partial charge in [-0.25, -0.2) is 5.26 Å². The summed E-state index contributed by atoms with van der Waals surface area (Å²) in [5.74, 6) is 0. The monoisotopic (exact) mass is 172 g/mol. The number of hydrogen-bond acceptors (Lipinski definition) is 5. The molecule has 0 aromatic carbocycles. The van der Waals surface area contributed by atoms with Crippen molar-refractivity contribution in [2.75, 3.05) is 0 Å². The van der Waals surface area contributed by atoms with Crippen LogP contribution in [0.2, 0.25) is 0 Å². The van der Waals surface area contributed by atoms with Gasteiger partial charge in [-0.2, -0.15) is 19.8 Å². The minimum Gasteiger partial charge on any atom is -0.689 e. The molecule has 0 heterocycles. The van der Waals surface area contributed by atoms with Crippen LogP contribution in [-0.2, 0) is 15.1 Å². The van der Waals surface area contributed by atoms with Crippen LogP contribution in [0.3, 0.4) is 0 Å². The van der Waals surface area contributed by atoms with E-state index in [9.17, 15) is 0 Å². The third-order valence-corrected chi connectivity index (χ3v) is 0.0582. The van der Waals surface area contributed by atoms with Crippen molar-refractivity contribution < 1.29 is 55.2 Å². The first-order valence-electron chi connectivity index (χ1n) is 0.683. The molecule has 8 heteroatoms. The molecule has 2 unspecified atom stereocenters. The molecule has 0 rings (SSSR count). The molecule has 0 spiro atoms. The van der Waals surface area contributed by atoms with Gasteiger partial charge in [-0.1, -0.05) is 0 Å². The molecule has 0 aliphatic heterocycles. The van der Waals surface area contributed by atoms with Crippen LogP contribution in [0, 0.1) is 0 Å². The Morgan fingerprint density at radius 2 is 1.62 bits per heavy atom. The maximum absolute atomic E-state index is 8.52. The third-order valence-electron chi connectivity index (χ3n) is 0.0582. The number of hydrogen-bond donors (Lipinski definition) is 1. The van der Waals surface area contributed by atoms with Gasteiger partial charge in [0.05, 0.1) is 0 Å². The van der Waals surface area contributed by atoms with Crippen molar-refractivity contribution in [3.63, 3.8) is 0 Å². The van der Waals surface area contributed by atoms with Crippen molar-refractivity contribution >= 4 is 19.8 Å². The summed E-state index contributed by atoms with van der Waals surface area (Å²) in [6.45, 7) is 0. The quantitative estimate of drug-likeness (QED) is 0.197. The smallest absolute Gasteiger partial charge is 0.689 e. The van der Waals surface area contributed by atoms with Crippen molar-refractivity contribution in [1.29, 1.82) is 0 Å². The van der Waals surface area contributed by atoms with E-state index >= 15 is 0 Å². The molecular weight excluding hydrogens is 165 g/mol. The zero-order valence-electron chi connectivity index (χ0n) is 4.49. The first-order valence-corrected chi connectivity index (χ1v) is 0.683. The van der Waals surface area contributed by atoms with Crippen LogP contribution < -0.4 is 34.8 Å². The molecule has 8 heavy (non-hydrogen) atoms. The molecule has 5 nitrogen and oxygen atoms in total. The van der Waals surface area contributed by atoms with Crippen LogP contribution >= 0.6 is 19.8 Å². The fourth-order valence-electron chi connectivity index (χ4n) is 0.0124. The van der Waals surface area contributed by atoms with Gasteiger partial charge in [0.25, 0.3) is 0 Å². The van der Waals surface area contributed by atoms with Gasteiger partial charge in [0.1, 0.15) is 0 Å². The second kappa shape index (κ2) is 23.4. The summed E-state index contributed by atoms with van der Waals surface area (Å²) < 4.78 is 0. The third kappa shape index (κ3) is 25.4. The maximum Gasteiger partial charge on any atom is 1.00 e. The minimum atomic E-state index is 0. The largest absolute Gasteiger partial charge is 1.00 e. The predicted molar refractivity (Wildman–Crippen MR) is 28.1 cm³/mol. The molecule has 0 saturated heterocycles. The van der Waals surface area contributed by atoms with Crippen LogP contribution in [0.15, 0.2) is 0 Å². The predicted octanol–water partition coefficient (Wildman–Crippen LogP) is -4.27. The fraction of sp³-hybridized carbons (Fsp3) is 0. The molecule has 0 aliphatic rings. The molecule has 0 bridgehead atoms. The Morgan fingerprint density at radius 1 is 1.25 bits per heavy atom. The standard InChI is InChI=1S/Na.H2O5.2H3P/c;1-3-5-4-2;;/h;1-2H;2*1H3/q+1;;;/p-1. The summed E-state index contributed by atoms with van der Waals surface area (Å²) in [5.41, 5.74) is 0. The van der Waals surface area contributed by atoms with Gasteiger partial charge >= 0.3 is 29.6 Å². The molecule has 48 valence electrons. The average Bonchev–Trinajstić information content (AvgIpc) is 1.41. The first-order chi connectivity index (χ1) is 2.41. The Labute approximate surface area is 74.9 Å². The summed E-state index contributed by atoms with van der Waals surface area (Å²) in [6.07, 6.45) is 0. The average molecular weight is 172 g/mol. The topological polar surface area (TPSA) is 71.0 Å². The van der Waals surface area contributed by atoms with E-state index < -0.39 is 0 Å². The van der Waals surface area contributed by atoms with Crippen molar-refractivity contribution in [2.24, 2.45) is 0 Å². The van der Waals surface area contributed by atoms with Gasteiger partial charge in [0.2, 0.25) is 0 Å². The summed E-state index contributed by atoms with van der Waals surface area (Å²) in [5, 5.41) is 23.5. The first kappa shape index (κ1) is 22.6. The zero-order chi connectivity index (χ0) is 4.12. The van der Waals surface area contributed by atoms with Gasteiger partial charge in [0, 0.05) is 0 Å². The van der Waals surface area contributed by atoms with Gasteiger partial charge in [0.15, 0.2) is 0 Å². The van der Waals surface area contributed by atoms with Gasteiger partial charge in [-0.3, -0.25) is 5.04 Å². The Kier molecular flexibility index (Phi) is 66.1. The SMILES string of the molecule is P.P.[Na+].[O-]OOOO. The fourth-order valence-corrected chi connectivity index (χ4v) is 0.0124. The molecule has 0 aromatic heterocycles. The molecule has 0 aromatic rings. The van der Waals surface area contributed by atoms with E-state index in [-0.39, 0.29) is 49.4 Å². The van der Waals surface area contributed by atoms with E-state index in [2.05, 4.69) is 15.1 Å². The second-order valence-electron chi connectivity index (χ2n) is 0.211. The second-order valence-corrected chi connectivity index (χ2v) is 0.211. The van der Waals surface area contributed by atoms with Gasteiger partial charge in [-0.05, 0) is 10.1 Å². The zero-order valence-corrected chi connectivity index (χ0v) is 9.32.